The lowest BCUT2D eigenvalue weighted by Gasteiger charge is -2.08. The molecule has 0 amide bonds. The summed E-state index contributed by atoms with van der Waals surface area (Å²) in [5.74, 6) is -0.172. The highest BCUT2D eigenvalue weighted by atomic mass is 35.5. The lowest BCUT2D eigenvalue weighted by molar-refractivity contribution is 0.630. The lowest BCUT2D eigenvalue weighted by Crippen LogP contribution is -2.04. The summed E-state index contributed by atoms with van der Waals surface area (Å²) in [6.07, 6.45) is 3.82. The number of hydrogen-bond acceptors (Lipinski definition) is 2. The van der Waals surface area contributed by atoms with Crippen molar-refractivity contribution in [1.82, 2.24) is 14.5 Å². The van der Waals surface area contributed by atoms with Crippen LogP contribution in [-0.2, 0) is 6.54 Å². The minimum Gasteiger partial charge on any atom is -0.348 e. The SMILES string of the molecule is [B]c1ccc(Cn2ccc3nc(-c4cccc(Cl)c4F)nc-3c2)cc1. The van der Waals surface area contributed by atoms with E-state index in [2.05, 4.69) is 9.97 Å². The van der Waals surface area contributed by atoms with Crippen molar-refractivity contribution in [2.24, 2.45) is 0 Å². The molecule has 2 aliphatic heterocycles. The van der Waals surface area contributed by atoms with Gasteiger partial charge in [-0.25, -0.2) is 14.4 Å². The maximum Gasteiger partial charge on any atom is 0.163 e. The Hall–Kier alpha value is -2.66. The zero-order valence-electron chi connectivity index (χ0n) is 13.2. The molecule has 120 valence electrons. The Morgan fingerprint density at radius 3 is 2.56 bits per heavy atom. The van der Waals surface area contributed by atoms with Crippen LogP contribution in [0.15, 0.2) is 60.9 Å². The molecule has 2 radical (unpaired) electrons. The van der Waals surface area contributed by atoms with E-state index in [4.69, 9.17) is 19.4 Å². The van der Waals surface area contributed by atoms with Gasteiger partial charge in [-0.2, -0.15) is 0 Å². The first kappa shape index (κ1) is 15.8. The van der Waals surface area contributed by atoms with Gasteiger partial charge in [0.25, 0.3) is 0 Å². The third-order valence-electron chi connectivity index (χ3n) is 3.96. The molecule has 2 heterocycles. The molecule has 0 N–H and O–H groups in total. The van der Waals surface area contributed by atoms with E-state index in [1.165, 1.54) is 6.07 Å². The van der Waals surface area contributed by atoms with Crippen molar-refractivity contribution in [3.63, 3.8) is 0 Å². The molecule has 2 aliphatic rings. The molecule has 0 unspecified atom stereocenters. The van der Waals surface area contributed by atoms with Crippen molar-refractivity contribution in [3.8, 4) is 22.8 Å². The van der Waals surface area contributed by atoms with Gasteiger partial charge in [-0.3, -0.25) is 0 Å². The maximum absolute atomic E-state index is 14.2. The maximum atomic E-state index is 14.2. The van der Waals surface area contributed by atoms with Gasteiger partial charge in [0.1, 0.15) is 13.5 Å². The first-order valence-corrected chi connectivity index (χ1v) is 8.10. The predicted molar refractivity (Wildman–Crippen MR) is 98.0 cm³/mol. The van der Waals surface area contributed by atoms with E-state index in [-0.39, 0.29) is 5.02 Å². The zero-order valence-corrected chi connectivity index (χ0v) is 13.9. The summed E-state index contributed by atoms with van der Waals surface area (Å²) in [6, 6.07) is 14.4. The molecular weight excluding hydrogens is 335 g/mol. The van der Waals surface area contributed by atoms with Crippen LogP contribution >= 0.6 is 11.6 Å². The predicted octanol–water partition coefficient (Wildman–Crippen LogP) is 3.68. The average Bonchev–Trinajstić information content (AvgIpc) is 3.02. The van der Waals surface area contributed by atoms with Crippen molar-refractivity contribution >= 4 is 24.9 Å². The van der Waals surface area contributed by atoms with Gasteiger partial charge in [-0.05, 0) is 23.8 Å². The Labute approximate surface area is 150 Å². The van der Waals surface area contributed by atoms with Crippen LogP contribution in [0, 0.1) is 5.82 Å². The van der Waals surface area contributed by atoms with Crippen LogP contribution in [0.5, 0.6) is 0 Å². The minimum absolute atomic E-state index is 0.0600. The van der Waals surface area contributed by atoms with Crippen molar-refractivity contribution in [1.29, 1.82) is 0 Å². The van der Waals surface area contributed by atoms with Gasteiger partial charge in [0.2, 0.25) is 0 Å². The minimum atomic E-state index is -0.505. The largest absolute Gasteiger partial charge is 0.348 e. The molecule has 2 aromatic rings. The number of fused-ring (bicyclic) bond motifs is 1. The highest BCUT2D eigenvalue weighted by Crippen LogP contribution is 2.29. The number of nitrogens with zero attached hydrogens (tertiary/aromatic N) is 3. The lowest BCUT2D eigenvalue weighted by atomic mass is 9.95. The molecule has 0 bridgehead atoms. The third-order valence-corrected chi connectivity index (χ3v) is 4.26. The Kier molecular flexibility index (Phi) is 4.02. The number of rotatable bonds is 3. The number of aromatic nitrogens is 3. The molecule has 0 saturated heterocycles. The Bertz CT molecular complexity index is 1010. The Balaban J connectivity index is 1.69. The molecule has 0 atom stereocenters. The average molecular weight is 348 g/mol. The van der Waals surface area contributed by atoms with Crippen LogP contribution in [0.2, 0.25) is 5.02 Å². The molecule has 2 aromatic carbocycles. The van der Waals surface area contributed by atoms with Gasteiger partial charge < -0.3 is 4.57 Å². The van der Waals surface area contributed by atoms with Crippen LogP contribution in [0.3, 0.4) is 0 Å². The fraction of sp³-hybridized carbons (Fsp3) is 0.0526. The molecule has 3 nitrogen and oxygen atoms in total. The number of benzene rings is 2. The number of imidazole rings is 1. The van der Waals surface area contributed by atoms with Gasteiger partial charge in [-0.15, -0.1) is 0 Å². The van der Waals surface area contributed by atoms with Crippen molar-refractivity contribution in [3.05, 3.63) is 77.3 Å². The van der Waals surface area contributed by atoms with Crippen LogP contribution in [0.1, 0.15) is 5.56 Å². The molecule has 25 heavy (non-hydrogen) atoms. The van der Waals surface area contributed by atoms with Crippen LogP contribution < -0.4 is 5.46 Å². The second kappa shape index (κ2) is 6.33. The smallest absolute Gasteiger partial charge is 0.163 e. The molecule has 0 aliphatic carbocycles. The molecule has 0 spiro atoms. The fourth-order valence-corrected chi connectivity index (χ4v) is 2.86. The Morgan fingerprint density at radius 2 is 1.76 bits per heavy atom. The van der Waals surface area contributed by atoms with Crippen molar-refractivity contribution in [2.75, 3.05) is 0 Å². The van der Waals surface area contributed by atoms with Gasteiger partial charge >= 0.3 is 0 Å². The van der Waals surface area contributed by atoms with E-state index in [9.17, 15) is 4.39 Å². The molecule has 0 saturated carbocycles. The van der Waals surface area contributed by atoms with Crippen LogP contribution in [0.25, 0.3) is 22.8 Å². The third kappa shape index (κ3) is 3.15. The number of hydrogen-bond donors (Lipinski definition) is 0. The molecule has 0 fully saturated rings. The second-order valence-corrected chi connectivity index (χ2v) is 6.19. The summed E-state index contributed by atoms with van der Waals surface area (Å²) in [4.78, 5) is 8.86. The van der Waals surface area contributed by atoms with Gasteiger partial charge in [0.05, 0.1) is 16.3 Å². The summed E-state index contributed by atoms with van der Waals surface area (Å²) in [7, 11) is 5.71. The fourth-order valence-electron chi connectivity index (χ4n) is 2.68. The topological polar surface area (TPSA) is 30.7 Å². The standard InChI is InChI=1S/C19H12BClFN3/c20-13-6-4-12(5-7-13)10-25-9-8-16-17(11-25)24-19(23-16)14-2-1-3-15(21)18(14)22/h1-9,11H,10H2. The first-order chi connectivity index (χ1) is 12.1. The first-order valence-electron chi connectivity index (χ1n) is 7.72. The summed E-state index contributed by atoms with van der Waals surface area (Å²) in [5, 5.41) is 0.0600. The number of pyridine rings is 1. The van der Waals surface area contributed by atoms with Crippen LogP contribution in [-0.4, -0.2) is 22.4 Å². The quantitative estimate of drug-likeness (QED) is 0.529. The van der Waals surface area contributed by atoms with Gasteiger partial charge in [0.15, 0.2) is 11.6 Å². The zero-order chi connectivity index (χ0) is 17.4. The summed E-state index contributed by atoms with van der Waals surface area (Å²) in [6.45, 7) is 0.684. The van der Waals surface area contributed by atoms with E-state index in [0.717, 1.165) is 11.0 Å². The summed E-state index contributed by atoms with van der Waals surface area (Å²) < 4.78 is 16.2. The van der Waals surface area contributed by atoms with Crippen LogP contribution in [0.4, 0.5) is 4.39 Å². The van der Waals surface area contributed by atoms with E-state index in [1.807, 2.05) is 47.3 Å². The van der Waals surface area contributed by atoms with Gasteiger partial charge in [-0.1, -0.05) is 47.4 Å². The van der Waals surface area contributed by atoms with E-state index in [1.54, 1.807) is 12.1 Å². The second-order valence-electron chi connectivity index (χ2n) is 5.78. The van der Waals surface area contributed by atoms with E-state index in [0.29, 0.717) is 29.3 Å². The summed E-state index contributed by atoms with van der Waals surface area (Å²) in [5.41, 5.74) is 3.57. The monoisotopic (exact) mass is 347 g/mol. The van der Waals surface area contributed by atoms with E-state index < -0.39 is 5.82 Å². The number of halogens is 2. The normalized spacial score (nSPS) is 11.1. The highest BCUT2D eigenvalue weighted by molar-refractivity contribution is 6.32. The molecule has 6 heteroatoms. The van der Waals surface area contributed by atoms with Gasteiger partial charge in [0, 0.05) is 18.9 Å². The van der Waals surface area contributed by atoms with Crippen molar-refractivity contribution in [2.45, 2.75) is 6.54 Å². The summed E-state index contributed by atoms with van der Waals surface area (Å²) >= 11 is 5.85. The van der Waals surface area contributed by atoms with E-state index >= 15 is 0 Å². The van der Waals surface area contributed by atoms with Crippen molar-refractivity contribution < 1.29 is 4.39 Å². The molecule has 4 rings (SSSR count). The Morgan fingerprint density at radius 1 is 1.00 bits per heavy atom. The molecule has 0 aromatic heterocycles. The molecular formula is C19H12BClFN3. The highest BCUT2D eigenvalue weighted by Gasteiger charge is 2.16.